The smallest absolute Gasteiger partial charge is 0.0508 e. The highest BCUT2D eigenvalue weighted by Gasteiger charge is 2.20. The molecule has 2 saturated heterocycles. The number of hydrogen-bond donors (Lipinski definition) is 1. The topological polar surface area (TPSA) is 21.8 Å². The van der Waals surface area contributed by atoms with Gasteiger partial charge >= 0.3 is 0 Å². The molecule has 0 amide bonds. The predicted octanol–water partition coefficient (Wildman–Crippen LogP) is 6.07. The highest BCUT2D eigenvalue weighted by Crippen LogP contribution is 2.37. The Kier molecular flexibility index (Phi) is 11.5. The molecule has 1 N–H and O–H groups in total. The van der Waals surface area contributed by atoms with Crippen LogP contribution in [0, 0.1) is 13.8 Å². The highest BCUT2D eigenvalue weighted by molar-refractivity contribution is 7.99. The zero-order valence-electron chi connectivity index (χ0n) is 22.0. The normalized spacial score (nSPS) is 16.2. The largest absolute Gasteiger partial charge is 0.369 e. The Bertz CT molecular complexity index is 1130. The van der Waals surface area contributed by atoms with Gasteiger partial charge in [0.1, 0.15) is 0 Å². The Balaban J connectivity index is 0.00000190. The Hall–Kier alpha value is -1.89. The summed E-state index contributed by atoms with van der Waals surface area (Å²) in [5.41, 5.74) is 6.99. The summed E-state index contributed by atoms with van der Waals surface area (Å²) in [6.07, 6.45) is 1.12. The van der Waals surface area contributed by atoms with Crippen LogP contribution in [0.15, 0.2) is 76.5 Å². The maximum absolute atomic E-state index is 3.47. The molecule has 200 valence electrons. The second-order valence-corrected chi connectivity index (χ2v) is 10.9. The number of halogens is 2. The maximum atomic E-state index is 3.47. The summed E-state index contributed by atoms with van der Waals surface area (Å²) >= 11 is 1.90. The number of para-hydroxylation sites is 2. The molecule has 0 aromatic heterocycles. The van der Waals surface area contributed by atoms with E-state index in [1.54, 1.807) is 0 Å². The summed E-state index contributed by atoms with van der Waals surface area (Å²) in [7, 11) is 0. The first-order valence-electron chi connectivity index (χ1n) is 13.0. The van der Waals surface area contributed by atoms with Gasteiger partial charge in [0.25, 0.3) is 0 Å². The van der Waals surface area contributed by atoms with Gasteiger partial charge in [0.05, 0.1) is 5.69 Å². The minimum atomic E-state index is 0. The molecular weight excluding hydrogens is 519 g/mol. The van der Waals surface area contributed by atoms with Gasteiger partial charge in [-0.25, -0.2) is 0 Å². The van der Waals surface area contributed by atoms with Gasteiger partial charge in [0, 0.05) is 74.4 Å². The van der Waals surface area contributed by atoms with Crippen molar-refractivity contribution in [2.75, 3.05) is 68.7 Å². The molecule has 0 unspecified atom stereocenters. The van der Waals surface area contributed by atoms with Gasteiger partial charge < -0.3 is 15.1 Å². The zero-order valence-corrected chi connectivity index (χ0v) is 24.4. The molecule has 3 aromatic rings. The molecule has 7 heteroatoms. The SMILES string of the molecule is Cc1ccc(Sc2ccccc2N2CCN(CCc3ccccc3N3CCNCC3)CC2)c(C)c1.Cl.Cl. The minimum absolute atomic E-state index is 0. The van der Waals surface area contributed by atoms with Crippen molar-refractivity contribution in [2.24, 2.45) is 0 Å². The van der Waals surface area contributed by atoms with Gasteiger partial charge in [-0.1, -0.05) is 59.8 Å². The number of piperazine rings is 2. The quantitative estimate of drug-likeness (QED) is 0.378. The van der Waals surface area contributed by atoms with E-state index in [1.165, 1.54) is 37.9 Å². The lowest BCUT2D eigenvalue weighted by Gasteiger charge is -2.37. The number of rotatable bonds is 7. The van der Waals surface area contributed by atoms with E-state index in [9.17, 15) is 0 Å². The molecule has 3 aromatic carbocycles. The summed E-state index contributed by atoms with van der Waals surface area (Å²) in [5, 5.41) is 3.47. The molecule has 2 fully saturated rings. The lowest BCUT2D eigenvalue weighted by molar-refractivity contribution is 0.260. The van der Waals surface area contributed by atoms with Crippen LogP contribution < -0.4 is 15.1 Å². The van der Waals surface area contributed by atoms with Crippen molar-refractivity contribution in [1.82, 2.24) is 10.2 Å². The van der Waals surface area contributed by atoms with Crippen molar-refractivity contribution in [3.8, 4) is 0 Å². The van der Waals surface area contributed by atoms with E-state index in [-0.39, 0.29) is 24.8 Å². The van der Waals surface area contributed by atoms with Crippen molar-refractivity contribution in [3.05, 3.63) is 83.4 Å². The molecule has 2 heterocycles. The summed E-state index contributed by atoms with van der Waals surface area (Å²) in [5.74, 6) is 0. The van der Waals surface area contributed by atoms with E-state index >= 15 is 0 Å². The molecule has 0 aliphatic carbocycles. The molecular formula is C30H40Cl2N4S. The van der Waals surface area contributed by atoms with Gasteiger partial charge in [-0.2, -0.15) is 0 Å². The molecule has 0 atom stereocenters. The van der Waals surface area contributed by atoms with Gasteiger partial charge in [-0.05, 0) is 55.7 Å². The molecule has 0 bridgehead atoms. The van der Waals surface area contributed by atoms with Crippen LogP contribution in [0.25, 0.3) is 0 Å². The van der Waals surface area contributed by atoms with E-state index in [2.05, 4.69) is 101 Å². The van der Waals surface area contributed by atoms with Gasteiger partial charge in [-0.15, -0.1) is 24.8 Å². The Labute approximate surface area is 239 Å². The molecule has 0 saturated carbocycles. The zero-order chi connectivity index (χ0) is 24.0. The fourth-order valence-corrected chi connectivity index (χ4v) is 6.31. The first-order chi connectivity index (χ1) is 17.2. The number of nitrogens with zero attached hydrogens (tertiary/aromatic N) is 3. The van der Waals surface area contributed by atoms with Crippen LogP contribution in [0.4, 0.5) is 11.4 Å². The Morgan fingerprint density at radius 1 is 0.703 bits per heavy atom. The molecule has 0 spiro atoms. The number of anilines is 2. The first kappa shape index (κ1) is 29.7. The first-order valence-corrected chi connectivity index (χ1v) is 13.8. The predicted molar refractivity (Wildman–Crippen MR) is 165 cm³/mol. The molecule has 5 rings (SSSR count). The summed E-state index contributed by atoms with van der Waals surface area (Å²) in [6.45, 7) is 14.3. The molecule has 4 nitrogen and oxygen atoms in total. The van der Waals surface area contributed by atoms with Crippen LogP contribution in [0.3, 0.4) is 0 Å². The third-order valence-electron chi connectivity index (χ3n) is 7.28. The second kappa shape index (κ2) is 14.3. The van der Waals surface area contributed by atoms with Gasteiger partial charge in [-0.3, -0.25) is 4.90 Å². The third-order valence-corrected chi connectivity index (χ3v) is 8.52. The van der Waals surface area contributed by atoms with E-state index in [1.807, 2.05) is 11.8 Å². The summed E-state index contributed by atoms with van der Waals surface area (Å²) in [6, 6.07) is 24.7. The summed E-state index contributed by atoms with van der Waals surface area (Å²) in [4.78, 5) is 10.5. The minimum Gasteiger partial charge on any atom is -0.369 e. The van der Waals surface area contributed by atoms with Crippen molar-refractivity contribution in [2.45, 2.75) is 30.1 Å². The van der Waals surface area contributed by atoms with Crippen LogP contribution in [0.2, 0.25) is 0 Å². The molecule has 2 aliphatic rings. The molecule has 2 aliphatic heterocycles. The lowest BCUT2D eigenvalue weighted by atomic mass is 10.1. The van der Waals surface area contributed by atoms with E-state index in [4.69, 9.17) is 0 Å². The molecule has 37 heavy (non-hydrogen) atoms. The van der Waals surface area contributed by atoms with E-state index in [0.29, 0.717) is 0 Å². The van der Waals surface area contributed by atoms with Gasteiger partial charge in [0.15, 0.2) is 0 Å². The van der Waals surface area contributed by atoms with Crippen LogP contribution in [-0.4, -0.2) is 63.8 Å². The van der Waals surface area contributed by atoms with Gasteiger partial charge in [0.2, 0.25) is 0 Å². The monoisotopic (exact) mass is 558 g/mol. The fourth-order valence-electron chi connectivity index (χ4n) is 5.26. The van der Waals surface area contributed by atoms with E-state index < -0.39 is 0 Å². The second-order valence-electron chi connectivity index (χ2n) is 9.78. The highest BCUT2D eigenvalue weighted by atomic mass is 35.5. The standard InChI is InChI=1S/C30H38N4S.2ClH/c1-24-11-12-29(25(2)23-24)35-30-10-6-5-9-28(30)34-21-19-32(20-22-34)16-13-26-7-3-4-8-27(26)33-17-14-31-15-18-33;;/h3-12,23,31H,13-22H2,1-2H3;2*1H. The third kappa shape index (κ3) is 7.58. The fraction of sp³-hybridized carbons (Fsp3) is 0.400. The number of nitrogens with one attached hydrogen (secondary N) is 1. The van der Waals surface area contributed by atoms with Crippen LogP contribution >= 0.6 is 36.6 Å². The van der Waals surface area contributed by atoms with E-state index in [0.717, 1.165) is 65.3 Å². The molecule has 0 radical (unpaired) electrons. The number of aryl methyl sites for hydroxylation is 2. The van der Waals surface area contributed by atoms with Crippen LogP contribution in [0.1, 0.15) is 16.7 Å². The summed E-state index contributed by atoms with van der Waals surface area (Å²) < 4.78 is 0. The maximum Gasteiger partial charge on any atom is 0.0508 e. The van der Waals surface area contributed by atoms with Crippen LogP contribution in [0.5, 0.6) is 0 Å². The van der Waals surface area contributed by atoms with Crippen molar-refractivity contribution in [3.63, 3.8) is 0 Å². The lowest BCUT2D eigenvalue weighted by Crippen LogP contribution is -2.47. The average molecular weight is 560 g/mol. The van der Waals surface area contributed by atoms with Crippen molar-refractivity contribution < 1.29 is 0 Å². The number of hydrogen-bond acceptors (Lipinski definition) is 5. The Morgan fingerprint density at radius 3 is 2.08 bits per heavy atom. The Morgan fingerprint density at radius 2 is 1.35 bits per heavy atom. The van der Waals surface area contributed by atoms with Crippen LogP contribution in [-0.2, 0) is 6.42 Å². The van der Waals surface area contributed by atoms with Crippen molar-refractivity contribution >= 4 is 48.0 Å². The van der Waals surface area contributed by atoms with Crippen molar-refractivity contribution in [1.29, 1.82) is 0 Å². The number of benzene rings is 3. The average Bonchev–Trinajstić information content (AvgIpc) is 2.90.